The Kier molecular flexibility index (Phi) is 3.93. The first-order valence-corrected chi connectivity index (χ1v) is 5.91. The Balaban J connectivity index is 2.14. The summed E-state index contributed by atoms with van der Waals surface area (Å²) in [6.07, 6.45) is 0. The lowest BCUT2D eigenvalue weighted by atomic mass is 10.1. The predicted octanol–water partition coefficient (Wildman–Crippen LogP) is 1.74. The normalized spacial score (nSPS) is 20.9. The minimum absolute atomic E-state index is 0.270. The maximum absolute atomic E-state index is 13.3. The predicted molar refractivity (Wildman–Crippen MR) is 64.1 cm³/mol. The van der Waals surface area contributed by atoms with Crippen LogP contribution in [0.2, 0.25) is 0 Å². The highest BCUT2D eigenvalue weighted by Gasteiger charge is 2.19. The van der Waals surface area contributed by atoms with Crippen molar-refractivity contribution in [3.8, 4) is 0 Å². The van der Waals surface area contributed by atoms with E-state index in [1.807, 2.05) is 0 Å². The zero-order valence-corrected chi connectivity index (χ0v) is 10.2. The number of ether oxygens (including phenoxy) is 1. The summed E-state index contributed by atoms with van der Waals surface area (Å²) in [5.41, 5.74) is 0.538. The molecule has 18 heavy (non-hydrogen) atoms. The van der Waals surface area contributed by atoms with Crippen molar-refractivity contribution >= 4 is 5.97 Å². The largest absolute Gasteiger partial charge is 0.478 e. The number of halogens is 1. The fourth-order valence-corrected chi connectivity index (χ4v) is 2.07. The number of rotatable bonds is 3. The Morgan fingerprint density at radius 1 is 1.61 bits per heavy atom. The molecule has 0 bridgehead atoms. The van der Waals surface area contributed by atoms with Crippen molar-refractivity contribution in [1.29, 1.82) is 0 Å². The molecule has 0 saturated carbocycles. The van der Waals surface area contributed by atoms with Crippen LogP contribution in [0.5, 0.6) is 0 Å². The van der Waals surface area contributed by atoms with E-state index in [0.29, 0.717) is 19.8 Å². The van der Waals surface area contributed by atoms with Crippen LogP contribution in [0.15, 0.2) is 18.2 Å². The molecule has 98 valence electrons. The molecule has 5 heteroatoms. The van der Waals surface area contributed by atoms with Crippen molar-refractivity contribution < 1.29 is 19.0 Å². The van der Waals surface area contributed by atoms with Crippen LogP contribution in [0.25, 0.3) is 0 Å². The van der Waals surface area contributed by atoms with Crippen molar-refractivity contribution in [3.63, 3.8) is 0 Å². The first-order valence-electron chi connectivity index (χ1n) is 5.91. The van der Waals surface area contributed by atoms with E-state index in [9.17, 15) is 9.18 Å². The summed E-state index contributed by atoms with van der Waals surface area (Å²) in [6.45, 7) is 4.83. The Labute approximate surface area is 105 Å². The van der Waals surface area contributed by atoms with Crippen LogP contribution in [0.4, 0.5) is 4.39 Å². The van der Waals surface area contributed by atoms with Crippen LogP contribution in [-0.2, 0) is 11.3 Å². The molecule has 0 aromatic heterocycles. The summed E-state index contributed by atoms with van der Waals surface area (Å²) < 4.78 is 18.6. The molecule has 1 atom stereocenters. The summed E-state index contributed by atoms with van der Waals surface area (Å²) in [5, 5.41) is 8.87. The van der Waals surface area contributed by atoms with Gasteiger partial charge in [-0.25, -0.2) is 9.18 Å². The summed E-state index contributed by atoms with van der Waals surface area (Å²) in [4.78, 5) is 13.1. The van der Waals surface area contributed by atoms with E-state index in [2.05, 4.69) is 11.8 Å². The third kappa shape index (κ3) is 2.86. The first-order chi connectivity index (χ1) is 8.58. The Morgan fingerprint density at radius 2 is 2.39 bits per heavy atom. The molecule has 1 aromatic rings. The van der Waals surface area contributed by atoms with Gasteiger partial charge < -0.3 is 9.84 Å². The molecular formula is C13H16FNO3. The summed E-state index contributed by atoms with van der Waals surface area (Å²) in [5.74, 6) is -1.93. The Bertz CT molecular complexity index is 450. The molecule has 0 aliphatic carbocycles. The van der Waals surface area contributed by atoms with Gasteiger partial charge in [-0.05, 0) is 24.6 Å². The highest BCUT2D eigenvalue weighted by atomic mass is 19.1. The van der Waals surface area contributed by atoms with Gasteiger partial charge in [-0.2, -0.15) is 0 Å². The van der Waals surface area contributed by atoms with Gasteiger partial charge in [-0.3, -0.25) is 4.90 Å². The molecule has 1 saturated heterocycles. The van der Waals surface area contributed by atoms with E-state index in [0.717, 1.165) is 12.1 Å². The van der Waals surface area contributed by atoms with Crippen LogP contribution in [0, 0.1) is 5.82 Å². The van der Waals surface area contributed by atoms with Gasteiger partial charge in [-0.15, -0.1) is 0 Å². The van der Waals surface area contributed by atoms with Gasteiger partial charge in [0, 0.05) is 19.1 Å². The molecule has 1 aliphatic heterocycles. The lowest BCUT2D eigenvalue weighted by Crippen LogP contribution is -2.42. The van der Waals surface area contributed by atoms with Crippen molar-refractivity contribution in [2.45, 2.75) is 19.5 Å². The van der Waals surface area contributed by atoms with Gasteiger partial charge in [0.1, 0.15) is 5.82 Å². The molecule has 1 aromatic carbocycles. The van der Waals surface area contributed by atoms with E-state index in [-0.39, 0.29) is 11.6 Å². The molecule has 1 unspecified atom stereocenters. The molecule has 1 fully saturated rings. The molecule has 0 amide bonds. The maximum Gasteiger partial charge on any atom is 0.338 e. The molecular weight excluding hydrogens is 237 g/mol. The molecule has 0 spiro atoms. The van der Waals surface area contributed by atoms with Crippen LogP contribution in [0.3, 0.4) is 0 Å². The number of carboxylic acid groups (broad SMARTS) is 1. The Morgan fingerprint density at radius 3 is 3.06 bits per heavy atom. The van der Waals surface area contributed by atoms with E-state index in [4.69, 9.17) is 9.84 Å². The minimum atomic E-state index is -1.23. The molecule has 4 nitrogen and oxygen atoms in total. The van der Waals surface area contributed by atoms with Gasteiger partial charge >= 0.3 is 5.97 Å². The van der Waals surface area contributed by atoms with Crippen molar-refractivity contribution in [2.75, 3.05) is 19.8 Å². The summed E-state index contributed by atoms with van der Waals surface area (Å²) in [7, 11) is 0. The SMILES string of the molecule is CC1COCCN1Cc1ccc(F)c(C(=O)O)c1. The van der Waals surface area contributed by atoms with Gasteiger partial charge in [-0.1, -0.05) is 6.07 Å². The number of hydrogen-bond donors (Lipinski definition) is 1. The highest BCUT2D eigenvalue weighted by Crippen LogP contribution is 2.15. The standard InChI is InChI=1S/C13H16FNO3/c1-9-8-18-5-4-15(9)7-10-2-3-12(14)11(6-10)13(16)17/h2-3,6,9H,4-5,7-8H2,1H3,(H,16,17). The summed E-state index contributed by atoms with van der Waals surface area (Å²) >= 11 is 0. The van der Waals surface area contributed by atoms with Crippen LogP contribution in [0.1, 0.15) is 22.8 Å². The second-order valence-electron chi connectivity index (χ2n) is 4.51. The third-order valence-corrected chi connectivity index (χ3v) is 3.15. The van der Waals surface area contributed by atoms with Gasteiger partial charge in [0.25, 0.3) is 0 Å². The molecule has 1 aliphatic rings. The number of carboxylic acids is 1. The van der Waals surface area contributed by atoms with E-state index >= 15 is 0 Å². The highest BCUT2D eigenvalue weighted by molar-refractivity contribution is 5.88. The van der Waals surface area contributed by atoms with E-state index in [1.54, 1.807) is 6.07 Å². The molecule has 0 radical (unpaired) electrons. The van der Waals surface area contributed by atoms with E-state index in [1.165, 1.54) is 12.1 Å². The lowest BCUT2D eigenvalue weighted by molar-refractivity contribution is -0.00439. The van der Waals surface area contributed by atoms with Crippen molar-refractivity contribution in [2.24, 2.45) is 0 Å². The van der Waals surface area contributed by atoms with E-state index < -0.39 is 11.8 Å². The van der Waals surface area contributed by atoms with Crippen LogP contribution in [-0.4, -0.2) is 41.8 Å². The zero-order valence-electron chi connectivity index (χ0n) is 10.2. The number of benzene rings is 1. The second kappa shape index (κ2) is 5.46. The van der Waals surface area contributed by atoms with Gasteiger partial charge in [0.05, 0.1) is 18.8 Å². The number of aromatic carboxylic acids is 1. The van der Waals surface area contributed by atoms with Crippen LogP contribution < -0.4 is 0 Å². The number of morpholine rings is 1. The maximum atomic E-state index is 13.3. The van der Waals surface area contributed by atoms with Gasteiger partial charge in [0.2, 0.25) is 0 Å². The third-order valence-electron chi connectivity index (χ3n) is 3.15. The topological polar surface area (TPSA) is 49.8 Å². The van der Waals surface area contributed by atoms with Crippen LogP contribution >= 0.6 is 0 Å². The molecule has 1 N–H and O–H groups in total. The monoisotopic (exact) mass is 253 g/mol. The van der Waals surface area contributed by atoms with Crippen molar-refractivity contribution in [1.82, 2.24) is 4.90 Å². The number of carbonyl (C=O) groups is 1. The quantitative estimate of drug-likeness (QED) is 0.891. The number of hydrogen-bond acceptors (Lipinski definition) is 3. The number of nitrogens with zero attached hydrogens (tertiary/aromatic N) is 1. The molecule has 2 rings (SSSR count). The van der Waals surface area contributed by atoms with Crippen molar-refractivity contribution in [3.05, 3.63) is 35.1 Å². The average Bonchev–Trinajstić information content (AvgIpc) is 2.34. The minimum Gasteiger partial charge on any atom is -0.478 e. The first kappa shape index (κ1) is 13.0. The second-order valence-corrected chi connectivity index (χ2v) is 4.51. The zero-order chi connectivity index (χ0) is 13.1. The fourth-order valence-electron chi connectivity index (χ4n) is 2.07. The lowest BCUT2D eigenvalue weighted by Gasteiger charge is -2.33. The molecule has 1 heterocycles. The van der Waals surface area contributed by atoms with Gasteiger partial charge in [0.15, 0.2) is 0 Å². The Hall–Kier alpha value is -1.46. The summed E-state index contributed by atoms with van der Waals surface area (Å²) in [6, 6.07) is 4.53. The average molecular weight is 253 g/mol. The fraction of sp³-hybridized carbons (Fsp3) is 0.462. The smallest absolute Gasteiger partial charge is 0.338 e.